The number of anilines is 2. The predicted octanol–water partition coefficient (Wildman–Crippen LogP) is 1.49. The van der Waals surface area contributed by atoms with Gasteiger partial charge in [-0.1, -0.05) is 0 Å². The average molecular weight is 302 g/mol. The molecule has 0 radical (unpaired) electrons. The predicted molar refractivity (Wildman–Crippen MR) is 92.7 cm³/mol. The fourth-order valence-electron chi connectivity index (χ4n) is 2.24. The molecular formula is C16H26N6. The Morgan fingerprint density at radius 1 is 0.955 bits per heavy atom. The van der Waals surface area contributed by atoms with Crippen molar-refractivity contribution in [3.63, 3.8) is 0 Å². The molecule has 0 saturated carbocycles. The van der Waals surface area contributed by atoms with Gasteiger partial charge in [-0.2, -0.15) is 0 Å². The molecule has 2 unspecified atom stereocenters. The molecule has 0 saturated heterocycles. The van der Waals surface area contributed by atoms with E-state index in [0.717, 1.165) is 37.1 Å². The first kappa shape index (κ1) is 16.5. The molecule has 0 aromatic carbocycles. The molecule has 6 heteroatoms. The Hall–Kier alpha value is -1.92. The van der Waals surface area contributed by atoms with Crippen molar-refractivity contribution in [1.82, 2.24) is 9.97 Å². The van der Waals surface area contributed by atoms with E-state index in [1.54, 1.807) is 6.07 Å². The minimum atomic E-state index is 0.159. The van der Waals surface area contributed by atoms with E-state index < -0.39 is 0 Å². The summed E-state index contributed by atoms with van der Waals surface area (Å²) in [7, 11) is 0. The van der Waals surface area contributed by atoms with Gasteiger partial charge in [0.15, 0.2) is 5.65 Å². The van der Waals surface area contributed by atoms with Gasteiger partial charge in [0.2, 0.25) is 0 Å². The van der Waals surface area contributed by atoms with Crippen molar-refractivity contribution >= 4 is 22.7 Å². The van der Waals surface area contributed by atoms with Crippen LogP contribution < -0.4 is 22.1 Å². The molecule has 0 fully saturated rings. The maximum atomic E-state index is 5.88. The second-order valence-corrected chi connectivity index (χ2v) is 5.97. The summed E-state index contributed by atoms with van der Waals surface area (Å²) < 4.78 is 0. The number of rotatable bonds is 7. The molecule has 120 valence electrons. The summed E-state index contributed by atoms with van der Waals surface area (Å²) >= 11 is 0. The molecule has 2 rings (SSSR count). The second kappa shape index (κ2) is 7.38. The van der Waals surface area contributed by atoms with E-state index in [1.807, 2.05) is 32.0 Å². The lowest BCUT2D eigenvalue weighted by atomic mass is 10.2. The van der Waals surface area contributed by atoms with Crippen LogP contribution in [0.4, 0.5) is 11.6 Å². The Balaban J connectivity index is 2.24. The van der Waals surface area contributed by atoms with Crippen molar-refractivity contribution in [2.24, 2.45) is 11.5 Å². The van der Waals surface area contributed by atoms with E-state index in [9.17, 15) is 0 Å². The number of fused-ring (bicyclic) bond motifs is 1. The number of pyridine rings is 2. The van der Waals surface area contributed by atoms with Crippen molar-refractivity contribution in [3.8, 4) is 0 Å². The highest BCUT2D eigenvalue weighted by atomic mass is 15.2. The van der Waals surface area contributed by atoms with Gasteiger partial charge in [0, 0.05) is 30.6 Å². The van der Waals surface area contributed by atoms with Gasteiger partial charge >= 0.3 is 0 Å². The summed E-state index contributed by atoms with van der Waals surface area (Å²) in [5, 5.41) is 0.984. The number of aromatic nitrogens is 2. The highest BCUT2D eigenvalue weighted by Gasteiger charge is 2.11. The third kappa shape index (κ3) is 4.54. The van der Waals surface area contributed by atoms with Crippen LogP contribution in [0, 0.1) is 0 Å². The van der Waals surface area contributed by atoms with Crippen molar-refractivity contribution in [2.75, 3.05) is 23.7 Å². The second-order valence-electron chi connectivity index (χ2n) is 5.97. The van der Waals surface area contributed by atoms with Gasteiger partial charge in [-0.25, -0.2) is 9.97 Å². The van der Waals surface area contributed by atoms with Crippen molar-refractivity contribution in [1.29, 1.82) is 0 Å². The van der Waals surface area contributed by atoms with Crippen LogP contribution in [0.25, 0.3) is 11.0 Å². The van der Waals surface area contributed by atoms with Crippen molar-refractivity contribution in [2.45, 2.75) is 38.8 Å². The van der Waals surface area contributed by atoms with Gasteiger partial charge in [0.25, 0.3) is 0 Å². The van der Waals surface area contributed by atoms with Crippen LogP contribution in [-0.4, -0.2) is 35.1 Å². The molecule has 0 aliphatic heterocycles. The Morgan fingerprint density at radius 3 is 2.14 bits per heavy atom. The average Bonchev–Trinajstić information content (AvgIpc) is 2.46. The third-order valence-corrected chi connectivity index (χ3v) is 3.59. The molecule has 0 aliphatic carbocycles. The van der Waals surface area contributed by atoms with Crippen LogP contribution >= 0.6 is 0 Å². The maximum Gasteiger partial charge on any atom is 0.163 e. The van der Waals surface area contributed by atoms with Crippen molar-refractivity contribution < 1.29 is 0 Å². The Kier molecular flexibility index (Phi) is 5.51. The van der Waals surface area contributed by atoms with Gasteiger partial charge in [-0.3, -0.25) is 0 Å². The zero-order valence-electron chi connectivity index (χ0n) is 13.4. The summed E-state index contributed by atoms with van der Waals surface area (Å²) in [6, 6.07) is 8.08. The normalized spacial score (nSPS) is 14.0. The molecule has 0 amide bonds. The Morgan fingerprint density at radius 2 is 1.55 bits per heavy atom. The van der Waals surface area contributed by atoms with Gasteiger partial charge < -0.3 is 22.1 Å². The van der Waals surface area contributed by atoms with E-state index in [1.165, 1.54) is 0 Å². The van der Waals surface area contributed by atoms with Crippen LogP contribution in [0.1, 0.15) is 26.7 Å². The zero-order chi connectivity index (χ0) is 16.1. The molecule has 0 aliphatic rings. The minimum absolute atomic E-state index is 0.159. The van der Waals surface area contributed by atoms with Gasteiger partial charge in [-0.15, -0.1) is 0 Å². The van der Waals surface area contributed by atoms with Gasteiger partial charge in [0.05, 0.1) is 0 Å². The van der Waals surface area contributed by atoms with Gasteiger partial charge in [-0.05, 0) is 51.0 Å². The molecule has 2 atom stereocenters. The molecule has 22 heavy (non-hydrogen) atoms. The monoisotopic (exact) mass is 302 g/mol. The van der Waals surface area contributed by atoms with E-state index in [2.05, 4.69) is 14.9 Å². The highest BCUT2D eigenvalue weighted by Crippen LogP contribution is 2.18. The Labute approximate surface area is 131 Å². The van der Waals surface area contributed by atoms with Crippen LogP contribution in [0.2, 0.25) is 0 Å². The summed E-state index contributed by atoms with van der Waals surface area (Å²) in [5.74, 6) is 1.38. The van der Waals surface area contributed by atoms with E-state index in [-0.39, 0.29) is 12.1 Å². The highest BCUT2D eigenvalue weighted by molar-refractivity contribution is 5.78. The lowest BCUT2D eigenvalue weighted by Gasteiger charge is -2.25. The molecule has 2 heterocycles. The maximum absolute atomic E-state index is 5.88. The smallest absolute Gasteiger partial charge is 0.163 e. The Bertz CT molecular complexity index is 599. The summed E-state index contributed by atoms with van der Waals surface area (Å²) in [6.07, 6.45) is 1.81. The van der Waals surface area contributed by atoms with Crippen LogP contribution in [0.3, 0.4) is 0 Å². The molecule has 6 nitrogen and oxygen atoms in total. The number of nitrogen functional groups attached to an aromatic ring is 1. The van der Waals surface area contributed by atoms with Crippen LogP contribution in [-0.2, 0) is 0 Å². The molecule has 2 aromatic heterocycles. The fourth-order valence-corrected chi connectivity index (χ4v) is 2.24. The standard InChI is InChI=1S/C16H26N6/c1-11(17)7-9-22(10-8-12(2)18)15-6-4-13-3-5-14(19)20-16(13)21-15/h3-6,11-12H,7-10,17-18H2,1-2H3,(H2,19,20,21). The molecule has 0 bridgehead atoms. The number of nitrogens with zero attached hydrogens (tertiary/aromatic N) is 3. The first-order chi connectivity index (χ1) is 10.5. The van der Waals surface area contributed by atoms with Gasteiger partial charge in [0.1, 0.15) is 11.6 Å². The van der Waals surface area contributed by atoms with E-state index in [0.29, 0.717) is 11.5 Å². The quantitative estimate of drug-likeness (QED) is 0.715. The van der Waals surface area contributed by atoms with Crippen LogP contribution in [0.15, 0.2) is 24.3 Å². The molecule has 0 spiro atoms. The SMILES string of the molecule is CC(N)CCN(CCC(C)N)c1ccc2ccc(N)nc2n1. The first-order valence-electron chi connectivity index (χ1n) is 7.75. The summed E-state index contributed by atoms with van der Waals surface area (Å²) in [4.78, 5) is 11.2. The number of nitrogens with two attached hydrogens (primary N) is 3. The fraction of sp³-hybridized carbons (Fsp3) is 0.500. The van der Waals surface area contributed by atoms with E-state index >= 15 is 0 Å². The molecule has 2 aromatic rings. The zero-order valence-corrected chi connectivity index (χ0v) is 13.4. The number of hydrogen-bond donors (Lipinski definition) is 3. The third-order valence-electron chi connectivity index (χ3n) is 3.59. The van der Waals surface area contributed by atoms with Crippen molar-refractivity contribution in [3.05, 3.63) is 24.3 Å². The van der Waals surface area contributed by atoms with E-state index in [4.69, 9.17) is 17.2 Å². The molecule has 6 N–H and O–H groups in total. The topological polar surface area (TPSA) is 107 Å². The first-order valence-corrected chi connectivity index (χ1v) is 7.75. The molecular weight excluding hydrogens is 276 g/mol. The summed E-state index contributed by atoms with van der Waals surface area (Å²) in [5.41, 5.74) is 18.2. The van der Waals surface area contributed by atoms with Crippen LogP contribution in [0.5, 0.6) is 0 Å². The largest absolute Gasteiger partial charge is 0.384 e. The summed E-state index contributed by atoms with van der Waals surface area (Å²) in [6.45, 7) is 5.73. The number of hydrogen-bond acceptors (Lipinski definition) is 6. The minimum Gasteiger partial charge on any atom is -0.384 e. The lowest BCUT2D eigenvalue weighted by Crippen LogP contribution is -2.33. The lowest BCUT2D eigenvalue weighted by molar-refractivity contribution is 0.595.